The zero-order chi connectivity index (χ0) is 23.2. The number of H-pyrrole nitrogens is 1. The Hall–Kier alpha value is -2.98. The van der Waals surface area contributed by atoms with Crippen molar-refractivity contribution in [1.82, 2.24) is 19.1 Å². The Bertz CT molecular complexity index is 1320. The van der Waals surface area contributed by atoms with Crippen LogP contribution in [-0.4, -0.2) is 40.1 Å². The number of sulfonamides is 1. The number of rotatable bonds is 4. The van der Waals surface area contributed by atoms with Crippen LogP contribution < -0.4 is 10.6 Å². The summed E-state index contributed by atoms with van der Waals surface area (Å²) in [5, 5.41) is 5.85. The highest BCUT2D eigenvalue weighted by Gasteiger charge is 2.40. The maximum absolute atomic E-state index is 15.1. The van der Waals surface area contributed by atoms with Crippen molar-refractivity contribution in [2.75, 3.05) is 11.4 Å². The van der Waals surface area contributed by atoms with Gasteiger partial charge in [-0.05, 0) is 37.5 Å². The second-order valence-electron chi connectivity index (χ2n) is 8.71. The Morgan fingerprint density at radius 3 is 2.67 bits per heavy atom. The molecule has 1 aromatic heterocycles. The van der Waals surface area contributed by atoms with Crippen molar-refractivity contribution in [2.24, 2.45) is 0 Å². The third-order valence-corrected chi connectivity index (χ3v) is 9.06. The molecule has 1 N–H and O–H groups in total. The van der Waals surface area contributed by atoms with E-state index in [1.54, 1.807) is 16.7 Å². The van der Waals surface area contributed by atoms with Crippen LogP contribution >= 0.6 is 0 Å². The molecule has 3 aromatic rings. The third kappa shape index (κ3) is 3.97. The summed E-state index contributed by atoms with van der Waals surface area (Å²) in [4.78, 5) is 13.7. The molecule has 0 aliphatic carbocycles. The Morgan fingerprint density at radius 2 is 1.91 bits per heavy atom. The molecule has 0 spiro atoms. The van der Waals surface area contributed by atoms with E-state index in [4.69, 9.17) is 0 Å². The predicted molar refractivity (Wildman–Crippen MR) is 123 cm³/mol. The lowest BCUT2D eigenvalue weighted by Crippen LogP contribution is -2.44. The van der Waals surface area contributed by atoms with E-state index >= 15 is 4.39 Å². The second-order valence-corrected chi connectivity index (χ2v) is 10.8. The SMILES string of the molecule is C[C@H]1CCC(c2ccccc2)S(=O)(=O)N1Cc1ccc(N2CCn3c(n[nH]c3=O)C2)cc1F. The normalized spacial score (nSPS) is 22.8. The first-order valence-electron chi connectivity index (χ1n) is 11.1. The van der Waals surface area contributed by atoms with Crippen molar-refractivity contribution in [3.05, 3.63) is 81.8 Å². The minimum absolute atomic E-state index is 0.00213. The van der Waals surface area contributed by atoms with Crippen LogP contribution in [0.5, 0.6) is 0 Å². The smallest absolute Gasteiger partial charge is 0.343 e. The number of benzene rings is 2. The van der Waals surface area contributed by atoms with E-state index in [0.29, 0.717) is 43.1 Å². The molecule has 0 radical (unpaired) electrons. The van der Waals surface area contributed by atoms with Gasteiger partial charge in [0.1, 0.15) is 11.1 Å². The van der Waals surface area contributed by atoms with Crippen LogP contribution in [0.25, 0.3) is 0 Å². The molecular weight excluding hydrogens is 445 g/mol. The minimum atomic E-state index is -3.63. The van der Waals surface area contributed by atoms with Crippen molar-refractivity contribution < 1.29 is 12.8 Å². The Balaban J connectivity index is 1.37. The van der Waals surface area contributed by atoms with Gasteiger partial charge < -0.3 is 4.90 Å². The lowest BCUT2D eigenvalue weighted by molar-refractivity contribution is 0.279. The van der Waals surface area contributed by atoms with Gasteiger partial charge in [-0.2, -0.15) is 9.40 Å². The molecule has 1 fully saturated rings. The summed E-state index contributed by atoms with van der Waals surface area (Å²) in [5.74, 6) is 0.164. The first-order valence-corrected chi connectivity index (χ1v) is 12.6. The molecule has 5 rings (SSSR count). The summed E-state index contributed by atoms with van der Waals surface area (Å²) in [7, 11) is -3.63. The van der Waals surface area contributed by atoms with Crippen molar-refractivity contribution in [3.8, 4) is 0 Å². The minimum Gasteiger partial charge on any atom is -0.362 e. The monoisotopic (exact) mass is 471 g/mol. The van der Waals surface area contributed by atoms with Gasteiger partial charge in [-0.15, -0.1) is 0 Å². The number of aromatic amines is 1. The zero-order valence-electron chi connectivity index (χ0n) is 18.3. The maximum Gasteiger partial charge on any atom is 0.343 e. The molecule has 174 valence electrons. The highest BCUT2D eigenvalue weighted by Crippen LogP contribution is 2.38. The number of hydrogen-bond acceptors (Lipinski definition) is 5. The molecule has 3 heterocycles. The first kappa shape index (κ1) is 21.8. The van der Waals surface area contributed by atoms with Crippen LogP contribution in [0.15, 0.2) is 53.3 Å². The fourth-order valence-electron chi connectivity index (χ4n) is 4.77. The number of aromatic nitrogens is 3. The van der Waals surface area contributed by atoms with Crippen molar-refractivity contribution in [3.63, 3.8) is 0 Å². The lowest BCUT2D eigenvalue weighted by Gasteiger charge is -2.37. The highest BCUT2D eigenvalue weighted by molar-refractivity contribution is 7.89. The van der Waals surface area contributed by atoms with Crippen molar-refractivity contribution >= 4 is 15.7 Å². The van der Waals surface area contributed by atoms with Crippen LogP contribution in [0.2, 0.25) is 0 Å². The summed E-state index contributed by atoms with van der Waals surface area (Å²) in [6.45, 7) is 3.30. The van der Waals surface area contributed by atoms with Gasteiger partial charge in [0, 0.05) is 36.9 Å². The fourth-order valence-corrected chi connectivity index (χ4v) is 6.96. The average Bonchev–Trinajstić information content (AvgIpc) is 3.18. The van der Waals surface area contributed by atoms with Gasteiger partial charge in [0.15, 0.2) is 5.82 Å². The van der Waals surface area contributed by atoms with Crippen molar-refractivity contribution in [1.29, 1.82) is 0 Å². The molecular formula is C23H26FN5O3S. The quantitative estimate of drug-likeness (QED) is 0.632. The predicted octanol–water partition coefficient (Wildman–Crippen LogP) is 2.79. The number of hydrogen-bond donors (Lipinski definition) is 1. The van der Waals surface area contributed by atoms with E-state index in [9.17, 15) is 13.2 Å². The van der Waals surface area contributed by atoms with Gasteiger partial charge in [0.05, 0.1) is 6.54 Å². The number of nitrogens with zero attached hydrogens (tertiary/aromatic N) is 4. The molecule has 0 saturated carbocycles. The molecule has 8 nitrogen and oxygen atoms in total. The fraction of sp³-hybridized carbons (Fsp3) is 0.391. The summed E-state index contributed by atoms with van der Waals surface area (Å²) in [5.41, 5.74) is 1.55. The summed E-state index contributed by atoms with van der Waals surface area (Å²) < 4.78 is 45.0. The number of nitrogens with one attached hydrogen (secondary N) is 1. The lowest BCUT2D eigenvalue weighted by atomic mass is 10.0. The van der Waals surface area contributed by atoms with E-state index < -0.39 is 21.1 Å². The molecule has 10 heteroatoms. The molecule has 2 aliphatic heterocycles. The van der Waals surface area contributed by atoms with Crippen molar-refractivity contribution in [2.45, 2.75) is 50.7 Å². The topological polar surface area (TPSA) is 91.3 Å². The van der Waals surface area contributed by atoms with E-state index in [0.717, 1.165) is 12.0 Å². The molecule has 2 atom stereocenters. The number of fused-ring (bicyclic) bond motifs is 1. The Labute approximate surface area is 191 Å². The van der Waals surface area contributed by atoms with Gasteiger partial charge >= 0.3 is 5.69 Å². The summed E-state index contributed by atoms with van der Waals surface area (Å²) >= 11 is 0. The maximum atomic E-state index is 15.1. The van der Waals surface area contributed by atoms with E-state index in [2.05, 4.69) is 10.2 Å². The standard InChI is InChI=1S/C23H26FN5O3S/c1-16-7-10-21(17-5-3-2-4-6-17)33(31,32)29(16)14-18-8-9-19(13-20(18)24)27-11-12-28-22(15-27)25-26-23(28)30/h2-6,8-9,13,16,21H,7,10-12,14-15H2,1H3,(H,26,30)/t16-,21?/m0/s1. The number of halogens is 1. The third-order valence-electron chi connectivity index (χ3n) is 6.69. The molecule has 2 aliphatic rings. The summed E-state index contributed by atoms with van der Waals surface area (Å²) in [6.07, 6.45) is 1.27. The van der Waals surface area contributed by atoms with Crippen LogP contribution in [0, 0.1) is 5.82 Å². The second kappa shape index (κ2) is 8.42. The molecule has 0 bridgehead atoms. The first-order chi connectivity index (χ1) is 15.8. The van der Waals surface area contributed by atoms with Gasteiger partial charge in [-0.1, -0.05) is 36.4 Å². The van der Waals surface area contributed by atoms with Gasteiger partial charge in [0.2, 0.25) is 10.0 Å². The van der Waals surface area contributed by atoms with Crippen LogP contribution in [0.1, 0.15) is 42.0 Å². The van der Waals surface area contributed by atoms with Crippen LogP contribution in [0.3, 0.4) is 0 Å². The van der Waals surface area contributed by atoms with Gasteiger partial charge in [-0.25, -0.2) is 22.7 Å². The van der Waals surface area contributed by atoms with Gasteiger partial charge in [-0.3, -0.25) is 4.57 Å². The zero-order valence-corrected chi connectivity index (χ0v) is 19.1. The van der Waals surface area contributed by atoms with E-state index in [1.807, 2.05) is 42.2 Å². The number of anilines is 1. The molecule has 1 unspecified atom stereocenters. The molecule has 0 amide bonds. The average molecular weight is 472 g/mol. The Morgan fingerprint density at radius 1 is 1.12 bits per heavy atom. The van der Waals surface area contributed by atoms with E-state index in [1.165, 1.54) is 10.4 Å². The molecule has 33 heavy (non-hydrogen) atoms. The van der Waals surface area contributed by atoms with E-state index in [-0.39, 0.29) is 18.3 Å². The van der Waals surface area contributed by atoms with Crippen LogP contribution in [0.4, 0.5) is 10.1 Å². The largest absolute Gasteiger partial charge is 0.362 e. The van der Waals surface area contributed by atoms with Gasteiger partial charge in [0.25, 0.3) is 0 Å². The molecule has 2 aromatic carbocycles. The highest BCUT2D eigenvalue weighted by atomic mass is 32.2. The molecule has 1 saturated heterocycles. The summed E-state index contributed by atoms with van der Waals surface area (Å²) in [6, 6.07) is 13.9. The van der Waals surface area contributed by atoms with Crippen LogP contribution in [-0.2, 0) is 29.7 Å². The Kier molecular flexibility index (Phi) is 5.57.